The first-order valence-electron chi connectivity index (χ1n) is 9.21. The number of benzene rings is 3. The highest BCUT2D eigenvalue weighted by Gasteiger charge is 2.06. The zero-order valence-electron chi connectivity index (χ0n) is 15.6. The van der Waals surface area contributed by atoms with Crippen LogP contribution in [0.3, 0.4) is 0 Å². The smallest absolute Gasteiger partial charge is 0.142 e. The normalized spacial score (nSPS) is 10.3. The molecule has 0 fully saturated rings. The second kappa shape index (κ2) is 10.1. The lowest BCUT2D eigenvalue weighted by atomic mass is 10.2. The van der Waals surface area contributed by atoms with Gasteiger partial charge in [0.1, 0.15) is 30.5 Å². The van der Waals surface area contributed by atoms with Crippen molar-refractivity contribution in [1.82, 2.24) is 0 Å². The Hall–Kier alpha value is -3.14. The second-order valence-corrected chi connectivity index (χ2v) is 5.90. The minimum absolute atomic E-state index is 0.475. The molecule has 0 aliphatic rings. The summed E-state index contributed by atoms with van der Waals surface area (Å²) < 4.78 is 17.3. The van der Waals surface area contributed by atoms with Gasteiger partial charge in [0.05, 0.1) is 12.3 Å². The minimum atomic E-state index is 0.475. The number of nitrogens with one attached hydrogen (secondary N) is 1. The predicted molar refractivity (Wildman–Crippen MR) is 109 cm³/mol. The quantitative estimate of drug-likeness (QED) is 0.505. The Labute approximate surface area is 160 Å². The summed E-state index contributed by atoms with van der Waals surface area (Å²) in [4.78, 5) is 0. The van der Waals surface area contributed by atoms with Gasteiger partial charge >= 0.3 is 0 Å². The molecule has 1 N–H and O–H groups in total. The van der Waals surface area contributed by atoms with Gasteiger partial charge in [0, 0.05) is 12.1 Å². The van der Waals surface area contributed by atoms with Gasteiger partial charge in [-0.05, 0) is 37.3 Å². The van der Waals surface area contributed by atoms with Crippen LogP contribution in [0.15, 0.2) is 78.9 Å². The zero-order valence-corrected chi connectivity index (χ0v) is 15.6. The van der Waals surface area contributed by atoms with Gasteiger partial charge in [-0.2, -0.15) is 0 Å². The minimum Gasteiger partial charge on any atom is -0.494 e. The molecule has 0 saturated carbocycles. The van der Waals surface area contributed by atoms with Crippen LogP contribution in [0, 0.1) is 0 Å². The van der Waals surface area contributed by atoms with E-state index < -0.39 is 0 Å². The van der Waals surface area contributed by atoms with Crippen LogP contribution in [0.2, 0.25) is 0 Å². The van der Waals surface area contributed by atoms with Crippen LogP contribution in [0.25, 0.3) is 0 Å². The summed E-state index contributed by atoms with van der Waals surface area (Å²) in [6.45, 7) is 4.27. The van der Waals surface area contributed by atoms with Crippen molar-refractivity contribution in [2.45, 2.75) is 13.5 Å². The Balaban J connectivity index is 1.54. The molecular formula is C23H25NO3. The standard InChI is InChI=1S/C23H25NO3/c1-2-25-22-14-8-6-10-19(22)18-24-21-13-7-9-15-23(21)27-17-16-26-20-11-4-3-5-12-20/h3-15,24H,2,16-18H2,1H3. The number of hydrogen-bond acceptors (Lipinski definition) is 4. The molecular weight excluding hydrogens is 338 g/mol. The van der Waals surface area contributed by atoms with Gasteiger partial charge in [-0.15, -0.1) is 0 Å². The fourth-order valence-electron chi connectivity index (χ4n) is 2.70. The number of ether oxygens (including phenoxy) is 3. The molecule has 0 heterocycles. The molecule has 0 amide bonds. The highest BCUT2D eigenvalue weighted by molar-refractivity contribution is 5.56. The summed E-state index contributed by atoms with van der Waals surface area (Å²) in [7, 11) is 0. The summed E-state index contributed by atoms with van der Waals surface area (Å²) >= 11 is 0. The van der Waals surface area contributed by atoms with E-state index in [2.05, 4.69) is 11.4 Å². The van der Waals surface area contributed by atoms with Crippen molar-refractivity contribution < 1.29 is 14.2 Å². The Morgan fingerprint density at radius 1 is 0.667 bits per heavy atom. The highest BCUT2D eigenvalue weighted by Crippen LogP contribution is 2.26. The van der Waals surface area contributed by atoms with E-state index in [9.17, 15) is 0 Å². The van der Waals surface area contributed by atoms with Crippen molar-refractivity contribution >= 4 is 5.69 Å². The summed E-state index contributed by atoms with van der Waals surface area (Å²) in [5, 5.41) is 3.44. The largest absolute Gasteiger partial charge is 0.494 e. The Morgan fingerprint density at radius 3 is 2.15 bits per heavy atom. The third-order valence-electron chi connectivity index (χ3n) is 3.98. The number of rotatable bonds is 10. The van der Waals surface area contributed by atoms with Crippen LogP contribution in [0.4, 0.5) is 5.69 Å². The number of anilines is 1. The van der Waals surface area contributed by atoms with Gasteiger partial charge in [0.15, 0.2) is 0 Å². The molecule has 0 aliphatic heterocycles. The summed E-state index contributed by atoms with van der Waals surface area (Å²) in [6, 6.07) is 25.7. The second-order valence-electron chi connectivity index (χ2n) is 5.90. The molecule has 0 bridgehead atoms. The maximum absolute atomic E-state index is 5.91. The fourth-order valence-corrected chi connectivity index (χ4v) is 2.70. The van der Waals surface area contributed by atoms with Gasteiger partial charge in [0.25, 0.3) is 0 Å². The lowest BCUT2D eigenvalue weighted by molar-refractivity contribution is 0.218. The number of hydrogen-bond donors (Lipinski definition) is 1. The Morgan fingerprint density at radius 2 is 1.33 bits per heavy atom. The molecule has 0 atom stereocenters. The third kappa shape index (κ3) is 5.68. The maximum atomic E-state index is 5.91. The maximum Gasteiger partial charge on any atom is 0.142 e. The van der Waals surface area contributed by atoms with Gasteiger partial charge in [-0.3, -0.25) is 0 Å². The SMILES string of the molecule is CCOc1ccccc1CNc1ccccc1OCCOc1ccccc1. The molecule has 4 heteroatoms. The predicted octanol–water partition coefficient (Wildman–Crippen LogP) is 5.16. The molecule has 0 radical (unpaired) electrons. The van der Waals surface area contributed by atoms with E-state index in [1.54, 1.807) is 0 Å². The van der Waals surface area contributed by atoms with E-state index in [1.165, 1.54) is 0 Å². The van der Waals surface area contributed by atoms with Crippen LogP contribution in [0.1, 0.15) is 12.5 Å². The van der Waals surface area contributed by atoms with Crippen molar-refractivity contribution in [2.24, 2.45) is 0 Å². The van der Waals surface area contributed by atoms with Gasteiger partial charge in [-0.25, -0.2) is 0 Å². The first kappa shape index (κ1) is 18.6. The lowest BCUT2D eigenvalue weighted by Crippen LogP contribution is -2.10. The van der Waals surface area contributed by atoms with E-state index in [0.29, 0.717) is 26.4 Å². The monoisotopic (exact) mass is 363 g/mol. The first-order valence-corrected chi connectivity index (χ1v) is 9.21. The Bertz CT molecular complexity index is 821. The summed E-state index contributed by atoms with van der Waals surface area (Å²) in [6.07, 6.45) is 0. The van der Waals surface area contributed by atoms with E-state index in [0.717, 1.165) is 28.5 Å². The van der Waals surface area contributed by atoms with Crippen molar-refractivity contribution in [3.05, 3.63) is 84.4 Å². The average Bonchev–Trinajstić information content (AvgIpc) is 2.72. The van der Waals surface area contributed by atoms with Crippen molar-refractivity contribution in [3.8, 4) is 17.2 Å². The van der Waals surface area contributed by atoms with Crippen molar-refractivity contribution in [1.29, 1.82) is 0 Å². The molecule has 3 aromatic rings. The molecule has 3 aromatic carbocycles. The van der Waals surface area contributed by atoms with Crippen molar-refractivity contribution in [3.63, 3.8) is 0 Å². The zero-order chi connectivity index (χ0) is 18.7. The van der Waals surface area contributed by atoms with E-state index in [4.69, 9.17) is 14.2 Å². The summed E-state index contributed by atoms with van der Waals surface area (Å²) in [5.41, 5.74) is 2.06. The lowest BCUT2D eigenvalue weighted by Gasteiger charge is -2.15. The molecule has 0 aromatic heterocycles. The van der Waals surface area contributed by atoms with Crippen LogP contribution in [0.5, 0.6) is 17.2 Å². The van der Waals surface area contributed by atoms with Gasteiger partial charge in [0.2, 0.25) is 0 Å². The molecule has 0 spiro atoms. The van der Waals surface area contributed by atoms with E-state index in [1.807, 2.05) is 79.7 Å². The highest BCUT2D eigenvalue weighted by atomic mass is 16.5. The van der Waals surface area contributed by atoms with E-state index >= 15 is 0 Å². The fraction of sp³-hybridized carbons (Fsp3) is 0.217. The van der Waals surface area contributed by atoms with Crippen LogP contribution < -0.4 is 19.5 Å². The van der Waals surface area contributed by atoms with Gasteiger partial charge in [-0.1, -0.05) is 48.5 Å². The molecule has 27 heavy (non-hydrogen) atoms. The molecule has 3 rings (SSSR count). The molecule has 4 nitrogen and oxygen atoms in total. The van der Waals surface area contributed by atoms with Crippen LogP contribution in [-0.4, -0.2) is 19.8 Å². The number of para-hydroxylation sites is 4. The van der Waals surface area contributed by atoms with Crippen molar-refractivity contribution in [2.75, 3.05) is 25.1 Å². The molecule has 140 valence electrons. The third-order valence-corrected chi connectivity index (χ3v) is 3.98. The molecule has 0 unspecified atom stereocenters. The molecule has 0 aliphatic carbocycles. The Kier molecular flexibility index (Phi) is 6.99. The summed E-state index contributed by atoms with van der Waals surface area (Å²) in [5.74, 6) is 2.56. The molecule has 0 saturated heterocycles. The van der Waals surface area contributed by atoms with Crippen LogP contribution >= 0.6 is 0 Å². The average molecular weight is 363 g/mol. The van der Waals surface area contributed by atoms with E-state index in [-0.39, 0.29) is 0 Å². The van der Waals surface area contributed by atoms with Crippen LogP contribution in [-0.2, 0) is 6.54 Å². The first-order chi connectivity index (χ1) is 13.4. The topological polar surface area (TPSA) is 39.7 Å². The van der Waals surface area contributed by atoms with Gasteiger partial charge < -0.3 is 19.5 Å².